The van der Waals surface area contributed by atoms with Crippen molar-refractivity contribution in [2.75, 3.05) is 7.11 Å². The smallest absolute Gasteiger partial charge is 0.323 e. The van der Waals surface area contributed by atoms with Crippen LogP contribution < -0.4 is 0 Å². The molecule has 0 heterocycles. The Labute approximate surface area is 85.5 Å². The molecule has 2 atom stereocenters. The number of nitrogens with zero attached hydrogens (tertiary/aromatic N) is 1. The lowest BCUT2D eigenvalue weighted by Gasteiger charge is -2.05. The van der Waals surface area contributed by atoms with Gasteiger partial charge in [0.25, 0.3) is 0 Å². The molecule has 0 aliphatic heterocycles. The highest BCUT2D eigenvalue weighted by Crippen LogP contribution is 2.55. The number of ether oxygens (including phenoxy) is 1. The zero-order chi connectivity index (χ0) is 10.1. The first-order valence-corrected chi connectivity index (χ1v) is 4.69. The SMILES string of the molecule is COC(=O)[C@]1(Br)C[C@H]1/C(C)=C\C#N. The highest BCUT2D eigenvalue weighted by atomic mass is 79.9. The number of alkyl halides is 1. The molecular formula is C9H10BrNO2. The summed E-state index contributed by atoms with van der Waals surface area (Å²) in [6, 6.07) is 1.95. The average molecular weight is 244 g/mol. The molecular weight excluding hydrogens is 234 g/mol. The molecule has 0 aromatic carbocycles. The van der Waals surface area contributed by atoms with Gasteiger partial charge in [0.2, 0.25) is 0 Å². The highest BCUT2D eigenvalue weighted by Gasteiger charge is 2.60. The van der Waals surface area contributed by atoms with Crippen molar-refractivity contribution in [1.29, 1.82) is 5.26 Å². The zero-order valence-electron chi connectivity index (χ0n) is 7.50. The quantitative estimate of drug-likeness (QED) is 0.422. The van der Waals surface area contributed by atoms with Gasteiger partial charge in [-0.1, -0.05) is 21.5 Å². The van der Waals surface area contributed by atoms with Crippen LogP contribution in [0.1, 0.15) is 13.3 Å². The largest absolute Gasteiger partial charge is 0.468 e. The van der Waals surface area contributed by atoms with Gasteiger partial charge >= 0.3 is 5.97 Å². The van der Waals surface area contributed by atoms with E-state index in [0.717, 1.165) is 5.57 Å². The van der Waals surface area contributed by atoms with Crippen molar-refractivity contribution in [3.8, 4) is 6.07 Å². The van der Waals surface area contributed by atoms with E-state index in [4.69, 9.17) is 5.26 Å². The molecule has 3 nitrogen and oxygen atoms in total. The first-order chi connectivity index (χ1) is 6.06. The molecule has 1 aliphatic carbocycles. The topological polar surface area (TPSA) is 50.1 Å². The Morgan fingerprint density at radius 3 is 2.92 bits per heavy atom. The number of nitriles is 1. The Balaban J connectivity index is 2.69. The average Bonchev–Trinajstić information content (AvgIpc) is 2.79. The fourth-order valence-corrected chi connectivity index (χ4v) is 2.20. The number of esters is 1. The fourth-order valence-electron chi connectivity index (χ4n) is 1.36. The normalized spacial score (nSPS) is 32.2. The second kappa shape index (κ2) is 3.51. The minimum atomic E-state index is -0.570. The first kappa shape index (κ1) is 10.3. The van der Waals surface area contributed by atoms with Gasteiger partial charge in [-0.25, -0.2) is 0 Å². The zero-order valence-corrected chi connectivity index (χ0v) is 9.09. The van der Waals surface area contributed by atoms with Gasteiger partial charge < -0.3 is 4.74 Å². The second-order valence-corrected chi connectivity index (χ2v) is 4.54. The number of hydrogen-bond acceptors (Lipinski definition) is 3. The third-order valence-corrected chi connectivity index (χ3v) is 3.46. The number of halogens is 1. The van der Waals surface area contributed by atoms with Gasteiger partial charge in [0.15, 0.2) is 0 Å². The maximum atomic E-state index is 11.2. The van der Waals surface area contributed by atoms with Crippen molar-refractivity contribution < 1.29 is 9.53 Å². The molecule has 0 unspecified atom stereocenters. The molecule has 1 saturated carbocycles. The first-order valence-electron chi connectivity index (χ1n) is 3.90. The van der Waals surface area contributed by atoms with Gasteiger partial charge in [-0.15, -0.1) is 0 Å². The van der Waals surface area contributed by atoms with Crippen LogP contribution in [0.3, 0.4) is 0 Å². The van der Waals surface area contributed by atoms with Crippen molar-refractivity contribution in [3.63, 3.8) is 0 Å². The van der Waals surface area contributed by atoms with Gasteiger partial charge in [-0.05, 0) is 13.3 Å². The van der Waals surface area contributed by atoms with E-state index in [1.165, 1.54) is 13.2 Å². The Hall–Kier alpha value is -0.820. The molecule has 1 aliphatic rings. The van der Waals surface area contributed by atoms with Crippen molar-refractivity contribution in [1.82, 2.24) is 0 Å². The van der Waals surface area contributed by atoms with Crippen molar-refractivity contribution in [2.45, 2.75) is 17.7 Å². The van der Waals surface area contributed by atoms with Crippen LogP contribution in [-0.2, 0) is 9.53 Å². The molecule has 4 heteroatoms. The molecule has 1 rings (SSSR count). The molecule has 1 fully saturated rings. The van der Waals surface area contributed by atoms with Crippen molar-refractivity contribution in [3.05, 3.63) is 11.6 Å². The predicted octanol–water partition coefficient (Wildman–Crippen LogP) is 1.78. The van der Waals surface area contributed by atoms with E-state index in [0.29, 0.717) is 6.42 Å². The Morgan fingerprint density at radius 2 is 2.46 bits per heavy atom. The Morgan fingerprint density at radius 1 is 1.85 bits per heavy atom. The number of methoxy groups -OCH3 is 1. The third kappa shape index (κ3) is 1.75. The summed E-state index contributed by atoms with van der Waals surface area (Å²) < 4.78 is 4.07. The second-order valence-electron chi connectivity index (χ2n) is 3.13. The van der Waals surface area contributed by atoms with Gasteiger partial charge in [0.05, 0.1) is 13.2 Å². The summed E-state index contributed by atoms with van der Waals surface area (Å²) in [5.41, 5.74) is 0.921. The van der Waals surface area contributed by atoms with Gasteiger partial charge in [0, 0.05) is 12.0 Å². The van der Waals surface area contributed by atoms with E-state index in [2.05, 4.69) is 20.7 Å². The molecule has 0 spiro atoms. The summed E-state index contributed by atoms with van der Waals surface area (Å²) in [5.74, 6) is -0.150. The van der Waals surface area contributed by atoms with E-state index < -0.39 is 4.32 Å². The molecule has 0 aromatic heterocycles. The summed E-state index contributed by atoms with van der Waals surface area (Å²) in [7, 11) is 1.37. The molecule has 0 saturated heterocycles. The predicted molar refractivity (Wildman–Crippen MR) is 51.2 cm³/mol. The van der Waals surface area contributed by atoms with Crippen LogP contribution in [0.15, 0.2) is 11.6 Å². The molecule has 0 bridgehead atoms. The van der Waals surface area contributed by atoms with E-state index >= 15 is 0 Å². The van der Waals surface area contributed by atoms with E-state index in [9.17, 15) is 4.79 Å². The number of allylic oxidation sites excluding steroid dienone is 2. The minimum absolute atomic E-state index is 0.111. The van der Waals surface area contributed by atoms with Gasteiger partial charge in [-0.2, -0.15) is 5.26 Å². The van der Waals surface area contributed by atoms with E-state index in [-0.39, 0.29) is 11.9 Å². The fraction of sp³-hybridized carbons (Fsp3) is 0.556. The lowest BCUT2D eigenvalue weighted by molar-refractivity contribution is -0.140. The van der Waals surface area contributed by atoms with Crippen LogP contribution in [-0.4, -0.2) is 17.4 Å². The van der Waals surface area contributed by atoms with Crippen molar-refractivity contribution >= 4 is 21.9 Å². The molecule has 70 valence electrons. The van der Waals surface area contributed by atoms with Crippen LogP contribution in [0.25, 0.3) is 0 Å². The highest BCUT2D eigenvalue weighted by molar-refractivity contribution is 9.10. The standard InChI is InChI=1S/C9H10BrNO2/c1-6(3-4-11)7-5-9(7,10)8(12)13-2/h3,7H,5H2,1-2H3/b6-3-/t7-,9-/m0/s1. The molecule has 0 aromatic rings. The molecule has 0 N–H and O–H groups in total. The Bertz CT molecular complexity index is 305. The number of rotatable bonds is 2. The van der Waals surface area contributed by atoms with Gasteiger partial charge in [0.1, 0.15) is 4.32 Å². The maximum Gasteiger partial charge on any atom is 0.323 e. The van der Waals surface area contributed by atoms with Crippen LogP contribution in [0.2, 0.25) is 0 Å². The lowest BCUT2D eigenvalue weighted by atomic mass is 10.1. The van der Waals surface area contributed by atoms with Crippen molar-refractivity contribution in [2.24, 2.45) is 5.92 Å². The van der Waals surface area contributed by atoms with Crippen LogP contribution >= 0.6 is 15.9 Å². The van der Waals surface area contributed by atoms with E-state index in [1.807, 2.05) is 13.0 Å². The number of carbonyl (C=O) groups is 1. The van der Waals surface area contributed by atoms with E-state index in [1.54, 1.807) is 0 Å². The van der Waals surface area contributed by atoms with Crippen LogP contribution in [0, 0.1) is 17.2 Å². The Kier molecular flexibility index (Phi) is 2.77. The van der Waals surface area contributed by atoms with Crippen LogP contribution in [0.4, 0.5) is 0 Å². The minimum Gasteiger partial charge on any atom is -0.468 e. The maximum absolute atomic E-state index is 11.2. The molecule has 0 radical (unpaired) electrons. The number of hydrogen-bond donors (Lipinski definition) is 0. The third-order valence-electron chi connectivity index (χ3n) is 2.26. The summed E-state index contributed by atoms with van der Waals surface area (Å²) in [5, 5.41) is 8.42. The summed E-state index contributed by atoms with van der Waals surface area (Å²) in [6.45, 7) is 1.85. The molecule has 0 amide bonds. The van der Waals surface area contributed by atoms with Crippen LogP contribution in [0.5, 0.6) is 0 Å². The monoisotopic (exact) mass is 243 g/mol. The summed E-state index contributed by atoms with van der Waals surface area (Å²) in [6.07, 6.45) is 2.18. The lowest BCUT2D eigenvalue weighted by Crippen LogP contribution is -2.19. The number of carbonyl (C=O) groups excluding carboxylic acids is 1. The molecule has 13 heavy (non-hydrogen) atoms. The summed E-state index contributed by atoms with van der Waals surface area (Å²) in [4.78, 5) is 11.2. The van der Waals surface area contributed by atoms with Gasteiger partial charge in [-0.3, -0.25) is 4.79 Å². The summed E-state index contributed by atoms with van der Waals surface area (Å²) >= 11 is 3.33.